The van der Waals surface area contributed by atoms with Crippen LogP contribution in [0.1, 0.15) is 31.0 Å². The highest BCUT2D eigenvalue weighted by Crippen LogP contribution is 2.11. The van der Waals surface area contributed by atoms with Crippen LogP contribution >= 0.6 is 0 Å². The van der Waals surface area contributed by atoms with E-state index < -0.39 is 10.0 Å². The van der Waals surface area contributed by atoms with Gasteiger partial charge in [-0.1, -0.05) is 6.92 Å². The van der Waals surface area contributed by atoms with Gasteiger partial charge in [0.25, 0.3) is 0 Å². The van der Waals surface area contributed by atoms with Crippen molar-refractivity contribution in [2.45, 2.75) is 33.6 Å². The molecule has 0 bridgehead atoms. The maximum atomic E-state index is 11.9. The Labute approximate surface area is 115 Å². The van der Waals surface area contributed by atoms with E-state index in [1.807, 2.05) is 19.9 Å². The molecule has 0 fully saturated rings. The number of hydrogen-bond acceptors (Lipinski definition) is 4. The van der Waals surface area contributed by atoms with Gasteiger partial charge in [0.15, 0.2) is 0 Å². The lowest BCUT2D eigenvalue weighted by molar-refractivity contribution is 0.593. The molecule has 2 N–H and O–H groups in total. The van der Waals surface area contributed by atoms with E-state index in [1.165, 1.54) is 0 Å². The predicted molar refractivity (Wildman–Crippen MR) is 78.9 cm³/mol. The molecule has 0 aliphatic heterocycles. The number of hydrogen-bond donors (Lipinski definition) is 2. The Hall–Kier alpha value is -1.14. The molecule has 0 saturated carbocycles. The summed E-state index contributed by atoms with van der Waals surface area (Å²) >= 11 is 0. The van der Waals surface area contributed by atoms with Crippen molar-refractivity contribution in [3.63, 3.8) is 0 Å². The molecule has 1 aromatic rings. The Morgan fingerprint density at radius 1 is 1.21 bits per heavy atom. The molecule has 0 radical (unpaired) electrons. The van der Waals surface area contributed by atoms with E-state index >= 15 is 0 Å². The lowest BCUT2D eigenvalue weighted by Gasteiger charge is -2.09. The Balaban J connectivity index is 2.49. The van der Waals surface area contributed by atoms with Crippen LogP contribution in [0.4, 0.5) is 5.82 Å². The molecule has 0 unspecified atom stereocenters. The molecule has 0 saturated heterocycles. The number of anilines is 1. The number of nitrogens with one attached hydrogen (secondary N) is 2. The first-order chi connectivity index (χ1) is 8.93. The molecule has 0 aliphatic carbocycles. The van der Waals surface area contributed by atoms with E-state index in [0.717, 1.165) is 30.8 Å². The summed E-state index contributed by atoms with van der Waals surface area (Å²) < 4.78 is 26.3. The normalized spacial score (nSPS) is 11.5. The van der Waals surface area contributed by atoms with E-state index in [2.05, 4.69) is 21.9 Å². The van der Waals surface area contributed by atoms with E-state index in [0.29, 0.717) is 12.2 Å². The molecule has 0 atom stereocenters. The first-order valence-corrected chi connectivity index (χ1v) is 8.24. The third kappa shape index (κ3) is 6.54. The van der Waals surface area contributed by atoms with Gasteiger partial charge in [-0.3, -0.25) is 4.72 Å². The van der Waals surface area contributed by atoms with Crippen LogP contribution in [0.3, 0.4) is 0 Å². The summed E-state index contributed by atoms with van der Waals surface area (Å²) in [6.45, 7) is 7.48. The van der Waals surface area contributed by atoms with E-state index in [9.17, 15) is 8.42 Å². The number of sulfonamides is 1. The highest BCUT2D eigenvalue weighted by atomic mass is 32.2. The number of nitrogens with zero attached hydrogens (tertiary/aromatic N) is 1. The molecule has 1 aromatic heterocycles. The van der Waals surface area contributed by atoms with E-state index in [4.69, 9.17) is 0 Å². The van der Waals surface area contributed by atoms with Crippen LogP contribution in [0.5, 0.6) is 0 Å². The van der Waals surface area contributed by atoms with Gasteiger partial charge in [-0.05, 0) is 57.5 Å². The van der Waals surface area contributed by atoms with Gasteiger partial charge in [-0.2, -0.15) is 0 Å². The van der Waals surface area contributed by atoms with E-state index in [-0.39, 0.29) is 5.75 Å². The summed E-state index contributed by atoms with van der Waals surface area (Å²) in [7, 11) is -3.31. The Morgan fingerprint density at radius 2 is 1.95 bits per heavy atom. The van der Waals surface area contributed by atoms with Gasteiger partial charge in [-0.25, -0.2) is 13.4 Å². The van der Waals surface area contributed by atoms with Crippen LogP contribution in [0.2, 0.25) is 0 Å². The van der Waals surface area contributed by atoms with Crippen LogP contribution in [-0.4, -0.2) is 32.2 Å². The fraction of sp³-hybridized carbons (Fsp3) is 0.615. The van der Waals surface area contributed by atoms with Crippen molar-refractivity contribution in [2.75, 3.05) is 23.6 Å². The molecule has 0 amide bonds. The summed E-state index contributed by atoms with van der Waals surface area (Å²) in [6.07, 6.45) is 1.65. The largest absolute Gasteiger partial charge is 0.317 e. The highest BCUT2D eigenvalue weighted by molar-refractivity contribution is 7.92. The van der Waals surface area contributed by atoms with Crippen molar-refractivity contribution in [1.82, 2.24) is 10.3 Å². The van der Waals surface area contributed by atoms with Gasteiger partial charge in [0, 0.05) is 5.69 Å². The molecule has 0 aliphatic rings. The molecule has 0 aromatic carbocycles. The zero-order chi connectivity index (χ0) is 14.3. The van der Waals surface area contributed by atoms with Crippen molar-refractivity contribution in [3.8, 4) is 0 Å². The zero-order valence-corrected chi connectivity index (χ0v) is 12.7. The minimum absolute atomic E-state index is 0.110. The molecule has 1 heterocycles. The van der Waals surface area contributed by atoms with Crippen LogP contribution in [0, 0.1) is 13.8 Å². The minimum atomic E-state index is -3.31. The summed E-state index contributed by atoms with van der Waals surface area (Å²) in [4.78, 5) is 4.17. The second kappa shape index (κ2) is 7.45. The smallest absolute Gasteiger partial charge is 0.233 e. The molecule has 0 spiro atoms. The number of pyridine rings is 1. The number of aromatic nitrogens is 1. The van der Waals surface area contributed by atoms with Gasteiger partial charge in [0.1, 0.15) is 5.82 Å². The number of aryl methyl sites for hydroxylation is 2. The van der Waals surface area contributed by atoms with Crippen molar-refractivity contribution in [1.29, 1.82) is 0 Å². The molecule has 108 valence electrons. The maximum absolute atomic E-state index is 11.9. The topological polar surface area (TPSA) is 71.1 Å². The van der Waals surface area contributed by atoms with Crippen molar-refractivity contribution < 1.29 is 8.42 Å². The average molecular weight is 285 g/mol. The van der Waals surface area contributed by atoms with Crippen LogP contribution in [0.15, 0.2) is 12.1 Å². The Bertz CT molecular complexity index is 480. The van der Waals surface area contributed by atoms with Gasteiger partial charge in [0.05, 0.1) is 5.75 Å². The van der Waals surface area contributed by atoms with Gasteiger partial charge < -0.3 is 5.32 Å². The third-order valence-electron chi connectivity index (χ3n) is 2.55. The Kier molecular flexibility index (Phi) is 6.24. The Morgan fingerprint density at radius 3 is 2.58 bits per heavy atom. The van der Waals surface area contributed by atoms with Crippen molar-refractivity contribution in [2.24, 2.45) is 0 Å². The van der Waals surface area contributed by atoms with Gasteiger partial charge in [-0.15, -0.1) is 0 Å². The molecule has 6 heteroatoms. The average Bonchev–Trinajstić information content (AvgIpc) is 2.26. The van der Waals surface area contributed by atoms with Crippen molar-refractivity contribution >= 4 is 15.8 Å². The summed E-state index contributed by atoms with van der Waals surface area (Å²) in [5.74, 6) is 0.511. The van der Waals surface area contributed by atoms with Gasteiger partial charge >= 0.3 is 0 Å². The number of rotatable bonds is 8. The second-order valence-corrected chi connectivity index (χ2v) is 6.54. The van der Waals surface area contributed by atoms with Crippen LogP contribution in [-0.2, 0) is 10.0 Å². The molecular weight excluding hydrogens is 262 g/mol. The molecule has 5 nitrogen and oxygen atoms in total. The fourth-order valence-electron chi connectivity index (χ4n) is 1.79. The SMILES string of the molecule is CCCNCCCS(=O)(=O)Nc1cc(C)cc(C)n1. The zero-order valence-electron chi connectivity index (χ0n) is 11.9. The van der Waals surface area contributed by atoms with Crippen LogP contribution in [0.25, 0.3) is 0 Å². The monoisotopic (exact) mass is 285 g/mol. The predicted octanol–water partition coefficient (Wildman–Crippen LogP) is 1.83. The molecular formula is C13H23N3O2S. The quantitative estimate of drug-likeness (QED) is 0.715. The lowest BCUT2D eigenvalue weighted by Crippen LogP contribution is -2.23. The van der Waals surface area contributed by atoms with Gasteiger partial charge in [0.2, 0.25) is 10.0 Å². The molecule has 1 rings (SSSR count). The van der Waals surface area contributed by atoms with E-state index in [1.54, 1.807) is 6.07 Å². The minimum Gasteiger partial charge on any atom is -0.317 e. The summed E-state index contributed by atoms with van der Waals surface area (Å²) in [5.41, 5.74) is 1.80. The first-order valence-electron chi connectivity index (χ1n) is 6.59. The fourth-order valence-corrected chi connectivity index (χ4v) is 2.84. The first kappa shape index (κ1) is 15.9. The summed E-state index contributed by atoms with van der Waals surface area (Å²) in [6, 6.07) is 3.65. The maximum Gasteiger partial charge on any atom is 0.233 e. The standard InChI is InChI=1S/C13H23N3O2S/c1-4-6-14-7-5-8-19(17,18)16-13-10-11(2)9-12(3)15-13/h9-10,14H,4-8H2,1-3H3,(H,15,16). The lowest BCUT2D eigenvalue weighted by atomic mass is 10.2. The van der Waals surface area contributed by atoms with Crippen LogP contribution < -0.4 is 10.0 Å². The molecule has 19 heavy (non-hydrogen) atoms. The van der Waals surface area contributed by atoms with Crippen molar-refractivity contribution in [3.05, 3.63) is 23.4 Å². The second-order valence-electron chi connectivity index (χ2n) is 4.70. The highest BCUT2D eigenvalue weighted by Gasteiger charge is 2.11. The summed E-state index contributed by atoms with van der Waals surface area (Å²) in [5, 5.41) is 3.18. The third-order valence-corrected chi connectivity index (χ3v) is 3.90.